The second-order valence-electron chi connectivity index (χ2n) is 6.35. The van der Waals surface area contributed by atoms with Crippen LogP contribution in [-0.2, 0) is 12.8 Å². The lowest BCUT2D eigenvalue weighted by Gasteiger charge is -2.07. The number of nitrogens with zero attached hydrogens (tertiary/aromatic N) is 2. The highest BCUT2D eigenvalue weighted by atomic mass is 16.7. The van der Waals surface area contributed by atoms with Crippen LogP contribution in [0.1, 0.15) is 18.1 Å². The molecule has 0 bridgehead atoms. The number of anilines is 1. The summed E-state index contributed by atoms with van der Waals surface area (Å²) < 4.78 is 13.0. The van der Waals surface area contributed by atoms with Crippen molar-refractivity contribution >= 4 is 5.82 Å². The minimum atomic E-state index is 0.288. The van der Waals surface area contributed by atoms with E-state index < -0.39 is 0 Å². The first kappa shape index (κ1) is 14.4. The van der Waals surface area contributed by atoms with Gasteiger partial charge in [0.05, 0.1) is 11.4 Å². The summed E-state index contributed by atoms with van der Waals surface area (Å²) in [5.41, 5.74) is 5.75. The molecule has 3 aromatic rings. The van der Waals surface area contributed by atoms with Crippen LogP contribution in [0, 0.1) is 0 Å². The Morgan fingerprint density at radius 1 is 1.08 bits per heavy atom. The minimum absolute atomic E-state index is 0.288. The predicted octanol–water partition coefficient (Wildman–Crippen LogP) is 3.80. The van der Waals surface area contributed by atoms with Gasteiger partial charge < -0.3 is 14.8 Å². The zero-order valence-corrected chi connectivity index (χ0v) is 14.1. The molecule has 0 spiro atoms. The molecule has 3 heterocycles. The van der Waals surface area contributed by atoms with Crippen molar-refractivity contribution in [3.63, 3.8) is 0 Å². The molecule has 0 unspecified atom stereocenters. The van der Waals surface area contributed by atoms with Crippen LogP contribution in [-0.4, -0.2) is 23.1 Å². The second-order valence-corrected chi connectivity index (χ2v) is 6.35. The zero-order chi connectivity index (χ0) is 16.8. The van der Waals surface area contributed by atoms with E-state index in [0.717, 1.165) is 53.6 Å². The van der Waals surface area contributed by atoms with Gasteiger partial charge in [0.1, 0.15) is 5.82 Å². The molecule has 1 N–H and O–H groups in total. The Balaban J connectivity index is 1.62. The van der Waals surface area contributed by atoms with Crippen LogP contribution in [0.15, 0.2) is 42.5 Å². The molecule has 0 saturated heterocycles. The van der Waals surface area contributed by atoms with E-state index in [2.05, 4.69) is 42.6 Å². The van der Waals surface area contributed by atoms with Crippen LogP contribution in [0.4, 0.5) is 5.82 Å². The molecular formula is C20H19N3O2. The van der Waals surface area contributed by atoms with E-state index in [0.29, 0.717) is 0 Å². The monoisotopic (exact) mass is 333 g/mol. The van der Waals surface area contributed by atoms with Crippen LogP contribution in [0.25, 0.3) is 16.9 Å². The zero-order valence-electron chi connectivity index (χ0n) is 14.1. The van der Waals surface area contributed by atoms with Crippen molar-refractivity contribution in [3.8, 4) is 28.4 Å². The summed E-state index contributed by atoms with van der Waals surface area (Å²) in [4.78, 5) is 0. The molecule has 5 nitrogen and oxygen atoms in total. The molecule has 0 atom stereocenters. The molecule has 126 valence electrons. The molecule has 2 aromatic carbocycles. The number of aromatic nitrogens is 2. The maximum absolute atomic E-state index is 5.52. The van der Waals surface area contributed by atoms with E-state index in [4.69, 9.17) is 14.6 Å². The molecule has 0 radical (unpaired) electrons. The van der Waals surface area contributed by atoms with Gasteiger partial charge in [-0.2, -0.15) is 5.10 Å². The maximum Gasteiger partial charge on any atom is 0.231 e. The molecule has 0 saturated carbocycles. The van der Waals surface area contributed by atoms with E-state index in [1.807, 2.05) is 16.8 Å². The number of hydrogen-bond donors (Lipinski definition) is 1. The van der Waals surface area contributed by atoms with Crippen molar-refractivity contribution in [1.29, 1.82) is 0 Å². The van der Waals surface area contributed by atoms with Gasteiger partial charge in [-0.3, -0.25) is 0 Å². The van der Waals surface area contributed by atoms with Crippen molar-refractivity contribution in [2.75, 3.05) is 18.7 Å². The van der Waals surface area contributed by atoms with Gasteiger partial charge in [0.25, 0.3) is 0 Å². The molecule has 2 aliphatic rings. The Bertz CT molecular complexity index is 944. The van der Waals surface area contributed by atoms with Gasteiger partial charge in [-0.15, -0.1) is 0 Å². The van der Waals surface area contributed by atoms with E-state index >= 15 is 0 Å². The quantitative estimate of drug-likeness (QED) is 0.792. The van der Waals surface area contributed by atoms with E-state index in [9.17, 15) is 0 Å². The number of benzene rings is 2. The van der Waals surface area contributed by atoms with Crippen molar-refractivity contribution in [2.24, 2.45) is 0 Å². The highest BCUT2D eigenvalue weighted by Crippen LogP contribution is 2.39. The highest BCUT2D eigenvalue weighted by Gasteiger charge is 2.25. The first-order chi connectivity index (χ1) is 12.3. The average Bonchev–Trinajstić information content (AvgIpc) is 3.37. The van der Waals surface area contributed by atoms with Crippen LogP contribution in [0.3, 0.4) is 0 Å². The van der Waals surface area contributed by atoms with Gasteiger partial charge in [0, 0.05) is 17.7 Å². The molecular weight excluding hydrogens is 314 g/mol. The number of hydrogen-bond acceptors (Lipinski definition) is 4. The summed E-state index contributed by atoms with van der Waals surface area (Å²) in [6.07, 6.45) is 2.02. The van der Waals surface area contributed by atoms with Crippen molar-refractivity contribution in [3.05, 3.63) is 53.6 Å². The largest absolute Gasteiger partial charge is 0.454 e. The average molecular weight is 333 g/mol. The van der Waals surface area contributed by atoms with Crippen LogP contribution in [0.5, 0.6) is 11.5 Å². The lowest BCUT2D eigenvalue weighted by Crippen LogP contribution is -2.04. The molecule has 5 rings (SSSR count). The topological polar surface area (TPSA) is 48.3 Å². The number of fused-ring (bicyclic) bond motifs is 2. The van der Waals surface area contributed by atoms with E-state index in [1.54, 1.807) is 0 Å². The molecule has 0 amide bonds. The molecule has 1 aromatic heterocycles. The standard InChI is InChI=1S/C20H19N3O2/c1-2-13-3-6-15(7-4-13)23-20-16(9-10-21-20)19(22-23)14-5-8-17-18(11-14)25-12-24-17/h3-8,11,21H,2,9-10,12H2,1H3. The third-order valence-electron chi connectivity index (χ3n) is 4.89. The minimum Gasteiger partial charge on any atom is -0.454 e. The highest BCUT2D eigenvalue weighted by molar-refractivity contribution is 5.74. The second kappa shape index (κ2) is 5.55. The van der Waals surface area contributed by atoms with E-state index in [1.165, 1.54) is 11.1 Å². The SMILES string of the molecule is CCc1ccc(-n2nc(-c3ccc4c(c3)OCO4)c3c2NCC3)cc1. The Kier molecular flexibility index (Phi) is 3.20. The normalized spacial score (nSPS) is 14.4. The fourth-order valence-electron chi connectivity index (χ4n) is 3.51. The first-order valence-corrected chi connectivity index (χ1v) is 8.68. The number of ether oxygens (including phenoxy) is 2. The summed E-state index contributed by atoms with van der Waals surface area (Å²) in [5, 5.41) is 8.39. The molecule has 0 fully saturated rings. The summed E-state index contributed by atoms with van der Waals surface area (Å²) in [7, 11) is 0. The van der Waals surface area contributed by atoms with Crippen LogP contribution < -0.4 is 14.8 Å². The van der Waals surface area contributed by atoms with Gasteiger partial charge in [0.2, 0.25) is 6.79 Å². The molecule has 0 aliphatic carbocycles. The predicted molar refractivity (Wildman–Crippen MR) is 96.7 cm³/mol. The third-order valence-corrected chi connectivity index (χ3v) is 4.89. The molecule has 25 heavy (non-hydrogen) atoms. The van der Waals surface area contributed by atoms with Gasteiger partial charge >= 0.3 is 0 Å². The fraction of sp³-hybridized carbons (Fsp3) is 0.250. The van der Waals surface area contributed by atoms with Gasteiger partial charge in [-0.1, -0.05) is 19.1 Å². The summed E-state index contributed by atoms with van der Waals surface area (Å²) in [6.45, 7) is 3.40. The third kappa shape index (κ3) is 2.27. The van der Waals surface area contributed by atoms with Gasteiger partial charge in [0.15, 0.2) is 11.5 Å². The molecule has 5 heteroatoms. The number of rotatable bonds is 3. The lowest BCUT2D eigenvalue weighted by atomic mass is 10.1. The lowest BCUT2D eigenvalue weighted by molar-refractivity contribution is 0.174. The fourth-order valence-corrected chi connectivity index (χ4v) is 3.51. The Hall–Kier alpha value is -2.95. The number of nitrogens with one attached hydrogen (secondary N) is 1. The van der Waals surface area contributed by atoms with E-state index in [-0.39, 0.29) is 6.79 Å². The summed E-state index contributed by atoms with van der Waals surface area (Å²) in [6, 6.07) is 14.6. The maximum atomic E-state index is 5.52. The van der Waals surface area contributed by atoms with Gasteiger partial charge in [-0.05, 0) is 48.7 Å². The number of aryl methyl sites for hydroxylation is 1. The summed E-state index contributed by atoms with van der Waals surface area (Å²) in [5.74, 6) is 2.68. The van der Waals surface area contributed by atoms with Crippen molar-refractivity contribution in [2.45, 2.75) is 19.8 Å². The van der Waals surface area contributed by atoms with Crippen LogP contribution in [0.2, 0.25) is 0 Å². The Morgan fingerprint density at radius 3 is 2.76 bits per heavy atom. The Labute approximate surface area is 146 Å². The molecule has 2 aliphatic heterocycles. The Morgan fingerprint density at radius 2 is 1.92 bits per heavy atom. The first-order valence-electron chi connectivity index (χ1n) is 8.68. The van der Waals surface area contributed by atoms with Crippen LogP contribution >= 0.6 is 0 Å². The van der Waals surface area contributed by atoms with Crippen molar-refractivity contribution in [1.82, 2.24) is 9.78 Å². The smallest absolute Gasteiger partial charge is 0.231 e. The summed E-state index contributed by atoms with van der Waals surface area (Å²) >= 11 is 0. The van der Waals surface area contributed by atoms with Gasteiger partial charge in [-0.25, -0.2) is 4.68 Å². The van der Waals surface area contributed by atoms with Crippen molar-refractivity contribution < 1.29 is 9.47 Å².